The van der Waals surface area contributed by atoms with Gasteiger partial charge in [0, 0.05) is 45.3 Å². The van der Waals surface area contributed by atoms with E-state index in [-0.39, 0.29) is 10.8 Å². The number of hydrogen-bond donors (Lipinski definition) is 0. The first-order valence-electron chi connectivity index (χ1n) is 9.90. The third-order valence-corrected chi connectivity index (χ3v) is 7.36. The van der Waals surface area contributed by atoms with Crippen molar-refractivity contribution in [2.75, 3.05) is 47.4 Å². The van der Waals surface area contributed by atoms with E-state index in [0.717, 1.165) is 16.9 Å². The molecule has 1 aliphatic heterocycles. The Morgan fingerprint density at radius 1 is 1.07 bits per heavy atom. The Labute approximate surface area is 178 Å². The Balaban J connectivity index is 1.80. The molecule has 0 unspecified atom stereocenters. The zero-order valence-corrected chi connectivity index (χ0v) is 18.8. The van der Waals surface area contributed by atoms with Crippen LogP contribution in [0.4, 0.5) is 0 Å². The van der Waals surface area contributed by atoms with Gasteiger partial charge in [-0.1, -0.05) is 18.2 Å². The first-order chi connectivity index (χ1) is 14.2. The lowest BCUT2D eigenvalue weighted by molar-refractivity contribution is 0.0784. The second-order valence-electron chi connectivity index (χ2n) is 7.69. The Hall–Kier alpha value is -2.42. The fourth-order valence-corrected chi connectivity index (χ4v) is 4.90. The third-order valence-electron chi connectivity index (χ3n) is 5.46. The molecule has 1 heterocycles. The molecule has 0 N–H and O–H groups in total. The standard InChI is InChI=1S/C22H29N3O4S/c1-17-5-10-20(30(27,28)25-13-11-23(2)12-14-25)15-21(17)22(26)24(3)16-18-6-8-19(29-4)9-7-18/h5-10,15H,11-14,16H2,1-4H3. The molecular formula is C22H29N3O4S. The molecule has 162 valence electrons. The van der Waals surface area contributed by atoms with Gasteiger partial charge in [-0.15, -0.1) is 0 Å². The van der Waals surface area contributed by atoms with Crippen molar-refractivity contribution in [1.82, 2.24) is 14.1 Å². The van der Waals surface area contributed by atoms with Crippen molar-refractivity contribution in [3.8, 4) is 5.75 Å². The zero-order chi connectivity index (χ0) is 21.9. The van der Waals surface area contributed by atoms with Gasteiger partial charge in [0.25, 0.3) is 5.91 Å². The van der Waals surface area contributed by atoms with Crippen molar-refractivity contribution < 1.29 is 17.9 Å². The topological polar surface area (TPSA) is 70.2 Å². The minimum atomic E-state index is -3.63. The fraction of sp³-hybridized carbons (Fsp3) is 0.409. The molecule has 30 heavy (non-hydrogen) atoms. The summed E-state index contributed by atoms with van der Waals surface area (Å²) in [6.45, 7) is 4.53. The number of nitrogens with zero attached hydrogens (tertiary/aromatic N) is 3. The SMILES string of the molecule is COc1ccc(CN(C)C(=O)c2cc(S(=O)(=O)N3CCN(C)CC3)ccc2C)cc1. The Morgan fingerprint density at radius 2 is 1.70 bits per heavy atom. The highest BCUT2D eigenvalue weighted by atomic mass is 32.2. The van der Waals surface area contributed by atoms with E-state index in [1.54, 1.807) is 31.2 Å². The van der Waals surface area contributed by atoms with Crippen LogP contribution in [0.3, 0.4) is 0 Å². The van der Waals surface area contributed by atoms with E-state index in [1.807, 2.05) is 38.2 Å². The largest absolute Gasteiger partial charge is 0.497 e. The Morgan fingerprint density at radius 3 is 2.30 bits per heavy atom. The predicted molar refractivity (Wildman–Crippen MR) is 116 cm³/mol. The van der Waals surface area contributed by atoms with Gasteiger partial charge in [-0.2, -0.15) is 4.31 Å². The minimum Gasteiger partial charge on any atom is -0.497 e. The highest BCUT2D eigenvalue weighted by molar-refractivity contribution is 7.89. The first kappa shape index (κ1) is 22.3. The molecule has 2 aromatic rings. The van der Waals surface area contributed by atoms with E-state index < -0.39 is 10.0 Å². The van der Waals surface area contributed by atoms with Crippen LogP contribution < -0.4 is 4.74 Å². The summed E-state index contributed by atoms with van der Waals surface area (Å²) in [5.41, 5.74) is 2.12. The van der Waals surface area contributed by atoms with Crippen molar-refractivity contribution >= 4 is 15.9 Å². The second kappa shape index (κ2) is 9.16. The summed E-state index contributed by atoms with van der Waals surface area (Å²) in [4.78, 5) is 16.9. The first-order valence-corrected chi connectivity index (χ1v) is 11.3. The summed E-state index contributed by atoms with van der Waals surface area (Å²) in [7, 11) is 1.67. The summed E-state index contributed by atoms with van der Waals surface area (Å²) in [6, 6.07) is 12.3. The zero-order valence-electron chi connectivity index (χ0n) is 18.0. The summed E-state index contributed by atoms with van der Waals surface area (Å²) in [5.74, 6) is 0.545. The van der Waals surface area contributed by atoms with Crippen LogP contribution in [0.2, 0.25) is 0 Å². The number of carbonyl (C=O) groups is 1. The van der Waals surface area contributed by atoms with Gasteiger partial charge in [-0.3, -0.25) is 4.79 Å². The van der Waals surface area contributed by atoms with Crippen LogP contribution in [0.5, 0.6) is 5.75 Å². The van der Waals surface area contributed by atoms with E-state index in [4.69, 9.17) is 4.74 Å². The van der Waals surface area contributed by atoms with Gasteiger partial charge in [-0.25, -0.2) is 8.42 Å². The Kier molecular flexibility index (Phi) is 6.80. The number of piperazine rings is 1. The number of hydrogen-bond acceptors (Lipinski definition) is 5. The van der Waals surface area contributed by atoms with Crippen molar-refractivity contribution in [3.63, 3.8) is 0 Å². The fourth-order valence-electron chi connectivity index (χ4n) is 3.45. The normalized spacial score (nSPS) is 15.7. The van der Waals surface area contributed by atoms with Gasteiger partial charge < -0.3 is 14.5 Å². The minimum absolute atomic E-state index is 0.166. The van der Waals surface area contributed by atoms with Crippen LogP contribution in [0.15, 0.2) is 47.4 Å². The van der Waals surface area contributed by atoms with Crippen molar-refractivity contribution in [3.05, 3.63) is 59.2 Å². The molecule has 1 fully saturated rings. The highest BCUT2D eigenvalue weighted by Crippen LogP contribution is 2.22. The number of likely N-dealkylation sites (N-methyl/N-ethyl adjacent to an activating group) is 1. The van der Waals surface area contributed by atoms with Crippen LogP contribution in [0.25, 0.3) is 0 Å². The van der Waals surface area contributed by atoms with Gasteiger partial charge in [0.15, 0.2) is 0 Å². The number of amides is 1. The highest BCUT2D eigenvalue weighted by Gasteiger charge is 2.28. The molecule has 0 aromatic heterocycles. The van der Waals surface area contributed by atoms with E-state index >= 15 is 0 Å². The molecule has 8 heteroatoms. The van der Waals surface area contributed by atoms with Crippen molar-refractivity contribution in [2.45, 2.75) is 18.4 Å². The maximum Gasteiger partial charge on any atom is 0.254 e. The lowest BCUT2D eigenvalue weighted by Gasteiger charge is -2.31. The molecule has 1 amide bonds. The summed E-state index contributed by atoms with van der Waals surface area (Å²) in [5, 5.41) is 0. The van der Waals surface area contributed by atoms with Gasteiger partial charge in [-0.05, 0) is 49.4 Å². The van der Waals surface area contributed by atoms with Crippen LogP contribution in [-0.4, -0.2) is 75.8 Å². The van der Waals surface area contributed by atoms with Crippen LogP contribution >= 0.6 is 0 Å². The molecule has 0 spiro atoms. The Bertz CT molecular complexity index is 998. The average molecular weight is 432 g/mol. The van der Waals surface area contributed by atoms with Crippen LogP contribution in [-0.2, 0) is 16.6 Å². The number of ether oxygens (including phenoxy) is 1. The van der Waals surface area contributed by atoms with E-state index in [9.17, 15) is 13.2 Å². The maximum atomic E-state index is 13.1. The van der Waals surface area contributed by atoms with Crippen molar-refractivity contribution in [1.29, 1.82) is 0 Å². The molecule has 1 aliphatic rings. The number of rotatable bonds is 6. The summed E-state index contributed by atoms with van der Waals surface area (Å²) in [6.07, 6.45) is 0. The van der Waals surface area contributed by atoms with Gasteiger partial charge in [0.1, 0.15) is 5.75 Å². The summed E-state index contributed by atoms with van der Waals surface area (Å²) < 4.78 is 32.8. The number of benzene rings is 2. The monoisotopic (exact) mass is 431 g/mol. The smallest absolute Gasteiger partial charge is 0.254 e. The lowest BCUT2D eigenvalue weighted by Crippen LogP contribution is -2.47. The molecule has 1 saturated heterocycles. The molecular weight excluding hydrogens is 402 g/mol. The predicted octanol–water partition coefficient (Wildman–Crippen LogP) is 2.21. The molecule has 0 radical (unpaired) electrons. The van der Waals surface area contributed by atoms with Gasteiger partial charge in [0.2, 0.25) is 10.0 Å². The van der Waals surface area contributed by atoms with E-state index in [2.05, 4.69) is 4.90 Å². The molecule has 7 nitrogen and oxygen atoms in total. The molecule has 0 atom stereocenters. The quantitative estimate of drug-likeness (QED) is 0.701. The van der Waals surface area contributed by atoms with Crippen LogP contribution in [0, 0.1) is 6.92 Å². The van der Waals surface area contributed by atoms with Gasteiger partial charge >= 0.3 is 0 Å². The molecule has 3 rings (SSSR count). The average Bonchev–Trinajstić information content (AvgIpc) is 2.74. The van der Waals surface area contributed by atoms with Crippen molar-refractivity contribution in [2.24, 2.45) is 0 Å². The molecule has 0 saturated carbocycles. The number of aryl methyl sites for hydroxylation is 1. The summed E-state index contributed by atoms with van der Waals surface area (Å²) >= 11 is 0. The van der Waals surface area contributed by atoms with E-state index in [0.29, 0.717) is 38.3 Å². The molecule has 2 aromatic carbocycles. The third kappa shape index (κ3) is 4.83. The second-order valence-corrected chi connectivity index (χ2v) is 9.63. The maximum absolute atomic E-state index is 13.1. The molecule has 0 aliphatic carbocycles. The lowest BCUT2D eigenvalue weighted by atomic mass is 10.1. The number of methoxy groups -OCH3 is 1. The number of sulfonamides is 1. The van der Waals surface area contributed by atoms with Crippen LogP contribution in [0.1, 0.15) is 21.5 Å². The van der Waals surface area contributed by atoms with Gasteiger partial charge in [0.05, 0.1) is 12.0 Å². The van der Waals surface area contributed by atoms with E-state index in [1.165, 1.54) is 10.4 Å². The number of carbonyl (C=O) groups excluding carboxylic acids is 1. The molecule has 0 bridgehead atoms.